The zero-order valence-electron chi connectivity index (χ0n) is 13.5. The van der Waals surface area contributed by atoms with Gasteiger partial charge in [-0.1, -0.05) is 41.5 Å². The first-order chi connectivity index (χ1) is 9.08. The number of imide groups is 1. The summed E-state index contributed by atoms with van der Waals surface area (Å²) in [6, 6.07) is 0. The lowest BCUT2D eigenvalue weighted by Crippen LogP contribution is -2.37. The Morgan fingerprint density at radius 1 is 1.25 bits per heavy atom. The van der Waals surface area contributed by atoms with Crippen molar-refractivity contribution < 1.29 is 14.4 Å². The fourth-order valence-corrected chi connectivity index (χ4v) is 2.76. The molecule has 1 unspecified atom stereocenters. The molecule has 0 aliphatic carbocycles. The molecule has 114 valence electrons. The smallest absolute Gasteiger partial charge is 0.233 e. The van der Waals surface area contributed by atoms with Crippen molar-refractivity contribution in [2.24, 2.45) is 23.2 Å². The number of likely N-dealkylation sites (tertiary alicyclic amines) is 1. The number of nitrogens with zero attached hydrogens (tertiary/aromatic N) is 1. The lowest BCUT2D eigenvalue weighted by molar-refractivity contribution is -0.141. The van der Waals surface area contributed by atoms with Crippen LogP contribution in [0.3, 0.4) is 0 Å². The molecule has 0 aromatic heterocycles. The standard InChI is InChI=1S/C16H27NO3/c1-10(2)12-9-13(18)17(15(12)20)8-7-16(5,6)14(19)11(3)4/h10-12H,7-9H2,1-6H3. The topological polar surface area (TPSA) is 54.5 Å². The molecule has 20 heavy (non-hydrogen) atoms. The Morgan fingerprint density at radius 2 is 1.80 bits per heavy atom. The molecule has 2 amide bonds. The maximum atomic E-state index is 12.2. The number of ketones is 1. The van der Waals surface area contributed by atoms with Crippen LogP contribution in [-0.4, -0.2) is 29.0 Å². The van der Waals surface area contributed by atoms with E-state index in [4.69, 9.17) is 0 Å². The molecule has 0 saturated carbocycles. The molecule has 1 rings (SSSR count). The summed E-state index contributed by atoms with van der Waals surface area (Å²) in [4.78, 5) is 37.6. The number of rotatable bonds is 6. The van der Waals surface area contributed by atoms with E-state index < -0.39 is 5.41 Å². The van der Waals surface area contributed by atoms with Crippen LogP contribution in [0, 0.1) is 23.2 Å². The fraction of sp³-hybridized carbons (Fsp3) is 0.812. The first-order valence-electron chi connectivity index (χ1n) is 7.46. The monoisotopic (exact) mass is 281 g/mol. The summed E-state index contributed by atoms with van der Waals surface area (Å²) in [5.41, 5.74) is -0.495. The summed E-state index contributed by atoms with van der Waals surface area (Å²) in [5.74, 6) is -0.0251. The van der Waals surface area contributed by atoms with E-state index in [1.54, 1.807) is 0 Å². The lowest BCUT2D eigenvalue weighted by atomic mass is 9.79. The highest BCUT2D eigenvalue weighted by molar-refractivity contribution is 6.03. The van der Waals surface area contributed by atoms with Gasteiger partial charge >= 0.3 is 0 Å². The summed E-state index contributed by atoms with van der Waals surface area (Å²) >= 11 is 0. The van der Waals surface area contributed by atoms with E-state index >= 15 is 0 Å². The van der Waals surface area contributed by atoms with Crippen molar-refractivity contribution >= 4 is 17.6 Å². The second kappa shape index (κ2) is 6.06. The largest absolute Gasteiger partial charge is 0.299 e. The molecule has 4 heteroatoms. The van der Waals surface area contributed by atoms with Gasteiger partial charge in [0.1, 0.15) is 5.78 Å². The number of hydrogen-bond acceptors (Lipinski definition) is 3. The predicted molar refractivity (Wildman–Crippen MR) is 77.9 cm³/mol. The molecule has 1 fully saturated rings. The summed E-state index contributed by atoms with van der Waals surface area (Å²) < 4.78 is 0. The third kappa shape index (κ3) is 3.47. The first-order valence-corrected chi connectivity index (χ1v) is 7.46. The molecule has 4 nitrogen and oxygen atoms in total. The molecule has 1 aliphatic rings. The van der Waals surface area contributed by atoms with Crippen molar-refractivity contribution in [2.45, 2.75) is 54.4 Å². The van der Waals surface area contributed by atoms with Gasteiger partial charge in [0.05, 0.1) is 0 Å². The Hall–Kier alpha value is -1.19. The number of amides is 2. The highest BCUT2D eigenvalue weighted by atomic mass is 16.2. The van der Waals surface area contributed by atoms with Crippen LogP contribution in [0.4, 0.5) is 0 Å². The Labute approximate surface area is 121 Å². The fourth-order valence-electron chi connectivity index (χ4n) is 2.76. The van der Waals surface area contributed by atoms with E-state index in [0.717, 1.165) is 0 Å². The van der Waals surface area contributed by atoms with Crippen LogP contribution in [0.2, 0.25) is 0 Å². The molecule has 1 aliphatic heterocycles. The molecule has 0 spiro atoms. The van der Waals surface area contributed by atoms with Crippen LogP contribution >= 0.6 is 0 Å². The Morgan fingerprint density at radius 3 is 2.20 bits per heavy atom. The molecule has 0 aromatic rings. The lowest BCUT2D eigenvalue weighted by Gasteiger charge is -2.27. The number of hydrogen-bond donors (Lipinski definition) is 0. The van der Waals surface area contributed by atoms with Crippen LogP contribution in [-0.2, 0) is 14.4 Å². The van der Waals surface area contributed by atoms with Crippen molar-refractivity contribution in [2.75, 3.05) is 6.54 Å². The molecular weight excluding hydrogens is 254 g/mol. The molecule has 0 aromatic carbocycles. The average molecular weight is 281 g/mol. The quantitative estimate of drug-likeness (QED) is 0.703. The maximum Gasteiger partial charge on any atom is 0.233 e. The number of carbonyl (C=O) groups excluding carboxylic acids is 3. The maximum absolute atomic E-state index is 12.2. The molecule has 1 heterocycles. The second-order valence-electron chi connectivity index (χ2n) is 7.09. The summed E-state index contributed by atoms with van der Waals surface area (Å²) in [6.45, 7) is 11.8. The molecule has 1 atom stereocenters. The van der Waals surface area contributed by atoms with E-state index in [0.29, 0.717) is 19.4 Å². The zero-order valence-corrected chi connectivity index (χ0v) is 13.5. The molecular formula is C16H27NO3. The zero-order chi connectivity index (χ0) is 15.7. The van der Waals surface area contributed by atoms with Crippen molar-refractivity contribution in [1.82, 2.24) is 4.90 Å². The predicted octanol–water partition coefficient (Wildman–Crippen LogP) is 2.66. The van der Waals surface area contributed by atoms with Gasteiger partial charge in [0, 0.05) is 30.2 Å². The first kappa shape index (κ1) is 16.9. The van der Waals surface area contributed by atoms with Crippen molar-refractivity contribution in [1.29, 1.82) is 0 Å². The van der Waals surface area contributed by atoms with Crippen LogP contribution in [0.1, 0.15) is 54.4 Å². The van der Waals surface area contributed by atoms with Gasteiger partial charge in [-0.25, -0.2) is 0 Å². The molecule has 0 N–H and O–H groups in total. The van der Waals surface area contributed by atoms with Gasteiger partial charge < -0.3 is 0 Å². The van der Waals surface area contributed by atoms with Crippen molar-refractivity contribution in [3.8, 4) is 0 Å². The van der Waals surface area contributed by atoms with Gasteiger partial charge in [-0.3, -0.25) is 19.3 Å². The van der Waals surface area contributed by atoms with Gasteiger partial charge in [-0.2, -0.15) is 0 Å². The minimum Gasteiger partial charge on any atom is -0.299 e. The van der Waals surface area contributed by atoms with Crippen LogP contribution in [0.15, 0.2) is 0 Å². The molecule has 0 bridgehead atoms. The van der Waals surface area contributed by atoms with E-state index in [2.05, 4.69) is 0 Å². The van der Waals surface area contributed by atoms with E-state index in [1.807, 2.05) is 41.5 Å². The van der Waals surface area contributed by atoms with Gasteiger partial charge in [-0.15, -0.1) is 0 Å². The Balaban J connectivity index is 2.68. The van der Waals surface area contributed by atoms with Gasteiger partial charge in [0.2, 0.25) is 11.8 Å². The Bertz CT molecular complexity index is 410. The highest BCUT2D eigenvalue weighted by Crippen LogP contribution is 2.30. The van der Waals surface area contributed by atoms with Gasteiger partial charge in [-0.05, 0) is 12.3 Å². The van der Waals surface area contributed by atoms with E-state index in [1.165, 1.54) is 4.90 Å². The Kier molecular flexibility index (Phi) is 5.11. The summed E-state index contributed by atoms with van der Waals surface area (Å²) in [5, 5.41) is 0. The van der Waals surface area contributed by atoms with E-state index in [9.17, 15) is 14.4 Å². The van der Waals surface area contributed by atoms with Crippen LogP contribution < -0.4 is 0 Å². The summed E-state index contributed by atoms with van der Waals surface area (Å²) in [7, 11) is 0. The number of carbonyl (C=O) groups is 3. The van der Waals surface area contributed by atoms with E-state index in [-0.39, 0.29) is 35.4 Å². The number of Topliss-reactive ketones (excluding diaryl/α,β-unsaturated/α-hetero) is 1. The normalized spacial score (nSPS) is 20.4. The molecule has 1 saturated heterocycles. The minimum absolute atomic E-state index is 0.0293. The summed E-state index contributed by atoms with van der Waals surface area (Å²) in [6.07, 6.45) is 0.849. The highest BCUT2D eigenvalue weighted by Gasteiger charge is 2.41. The van der Waals surface area contributed by atoms with Crippen LogP contribution in [0.5, 0.6) is 0 Å². The van der Waals surface area contributed by atoms with Gasteiger partial charge in [0.15, 0.2) is 0 Å². The second-order valence-corrected chi connectivity index (χ2v) is 7.09. The minimum atomic E-state index is -0.495. The van der Waals surface area contributed by atoms with Crippen molar-refractivity contribution in [3.63, 3.8) is 0 Å². The third-order valence-corrected chi connectivity index (χ3v) is 4.24. The average Bonchev–Trinajstić information content (AvgIpc) is 2.61. The third-order valence-electron chi connectivity index (χ3n) is 4.24. The van der Waals surface area contributed by atoms with Gasteiger partial charge in [0.25, 0.3) is 0 Å². The van der Waals surface area contributed by atoms with Crippen LogP contribution in [0.25, 0.3) is 0 Å². The van der Waals surface area contributed by atoms with Crippen molar-refractivity contribution in [3.05, 3.63) is 0 Å². The molecule has 0 radical (unpaired) electrons. The SMILES string of the molecule is CC(C)C(=O)C(C)(C)CCN1C(=O)CC(C(C)C)C1=O.